The molecule has 4 aromatic rings. The first-order chi connectivity index (χ1) is 12.7. The standard InChI is InChI=1S/C20H17IN4O/c21-11-5-6-13-15(9-23-17(13)7-11)19-20(26)24-10-18(25-19)14-8-22-16-4-2-1-3-12(14)16/h1-9,18-19,22-23,25H,10H2,(H,24,26). The molecular formula is C20H17IN4O. The van der Waals surface area contributed by atoms with Crippen LogP contribution in [0.4, 0.5) is 0 Å². The van der Waals surface area contributed by atoms with Crippen molar-refractivity contribution in [3.05, 3.63) is 69.6 Å². The molecule has 2 aromatic carbocycles. The summed E-state index contributed by atoms with van der Waals surface area (Å²) in [7, 11) is 0. The minimum Gasteiger partial charge on any atom is -0.361 e. The summed E-state index contributed by atoms with van der Waals surface area (Å²) in [6.07, 6.45) is 3.98. The zero-order chi connectivity index (χ0) is 17.7. The molecule has 6 heteroatoms. The SMILES string of the molecule is O=C1NCC(c2c[nH]c3ccccc23)NC1c1c[nH]c2cc(I)ccc12. The molecule has 5 rings (SSSR count). The third-order valence-electron chi connectivity index (χ3n) is 5.09. The number of hydrogen-bond acceptors (Lipinski definition) is 2. The Labute approximate surface area is 163 Å². The van der Waals surface area contributed by atoms with Gasteiger partial charge in [-0.3, -0.25) is 10.1 Å². The van der Waals surface area contributed by atoms with Crippen molar-refractivity contribution in [2.45, 2.75) is 12.1 Å². The summed E-state index contributed by atoms with van der Waals surface area (Å²) in [5, 5.41) is 8.89. The van der Waals surface area contributed by atoms with Crippen molar-refractivity contribution in [1.82, 2.24) is 20.6 Å². The van der Waals surface area contributed by atoms with E-state index in [-0.39, 0.29) is 18.0 Å². The number of fused-ring (bicyclic) bond motifs is 2. The Kier molecular flexibility index (Phi) is 3.75. The Balaban J connectivity index is 1.53. The summed E-state index contributed by atoms with van der Waals surface area (Å²) < 4.78 is 1.17. The highest BCUT2D eigenvalue weighted by atomic mass is 127. The van der Waals surface area contributed by atoms with Gasteiger partial charge in [-0.1, -0.05) is 24.3 Å². The van der Waals surface area contributed by atoms with Crippen LogP contribution >= 0.6 is 22.6 Å². The topological polar surface area (TPSA) is 72.7 Å². The molecular weight excluding hydrogens is 439 g/mol. The van der Waals surface area contributed by atoms with Crippen molar-refractivity contribution in [3.8, 4) is 0 Å². The van der Waals surface area contributed by atoms with Crippen LogP contribution in [0, 0.1) is 3.57 Å². The molecule has 0 radical (unpaired) electrons. The van der Waals surface area contributed by atoms with Gasteiger partial charge in [0.2, 0.25) is 5.91 Å². The highest BCUT2D eigenvalue weighted by Gasteiger charge is 2.32. The molecule has 2 unspecified atom stereocenters. The summed E-state index contributed by atoms with van der Waals surface area (Å²) in [4.78, 5) is 19.2. The average Bonchev–Trinajstić information content (AvgIpc) is 3.26. The Morgan fingerprint density at radius 1 is 0.923 bits per heavy atom. The van der Waals surface area contributed by atoms with Gasteiger partial charge in [-0.25, -0.2) is 0 Å². The monoisotopic (exact) mass is 456 g/mol. The second-order valence-electron chi connectivity index (χ2n) is 6.62. The Bertz CT molecular complexity index is 1130. The van der Waals surface area contributed by atoms with E-state index in [1.165, 1.54) is 14.5 Å². The number of carbonyl (C=O) groups excluding carboxylic acids is 1. The maximum absolute atomic E-state index is 12.6. The van der Waals surface area contributed by atoms with Crippen molar-refractivity contribution in [1.29, 1.82) is 0 Å². The van der Waals surface area contributed by atoms with Crippen LogP contribution in [0.3, 0.4) is 0 Å². The van der Waals surface area contributed by atoms with Gasteiger partial charge in [0.25, 0.3) is 0 Å². The zero-order valence-corrected chi connectivity index (χ0v) is 16.0. The van der Waals surface area contributed by atoms with Crippen molar-refractivity contribution in [2.75, 3.05) is 6.54 Å². The maximum Gasteiger partial charge on any atom is 0.241 e. The molecule has 0 bridgehead atoms. The van der Waals surface area contributed by atoms with Gasteiger partial charge in [0.05, 0.1) is 6.04 Å². The van der Waals surface area contributed by atoms with Crippen molar-refractivity contribution in [3.63, 3.8) is 0 Å². The molecule has 0 aliphatic carbocycles. The molecule has 1 aliphatic heterocycles. The van der Waals surface area contributed by atoms with Crippen LogP contribution in [0.1, 0.15) is 23.2 Å². The number of amides is 1. The van der Waals surface area contributed by atoms with Crippen molar-refractivity contribution >= 4 is 50.3 Å². The van der Waals surface area contributed by atoms with Crippen LogP contribution in [0.5, 0.6) is 0 Å². The quantitative estimate of drug-likeness (QED) is 0.347. The zero-order valence-electron chi connectivity index (χ0n) is 13.8. The molecule has 2 aromatic heterocycles. The van der Waals surface area contributed by atoms with Gasteiger partial charge >= 0.3 is 0 Å². The second-order valence-corrected chi connectivity index (χ2v) is 7.87. The molecule has 0 spiro atoms. The smallest absolute Gasteiger partial charge is 0.241 e. The summed E-state index contributed by atoms with van der Waals surface area (Å²) >= 11 is 2.30. The summed E-state index contributed by atoms with van der Waals surface area (Å²) in [5.41, 5.74) is 4.33. The lowest BCUT2D eigenvalue weighted by Gasteiger charge is -2.31. The molecule has 3 heterocycles. The fraction of sp³-hybridized carbons (Fsp3) is 0.150. The van der Waals surface area contributed by atoms with Crippen LogP contribution in [0.15, 0.2) is 54.9 Å². The van der Waals surface area contributed by atoms with E-state index in [1.54, 1.807) is 0 Å². The second kappa shape index (κ2) is 6.14. The summed E-state index contributed by atoms with van der Waals surface area (Å²) in [6.45, 7) is 0.581. The van der Waals surface area contributed by atoms with E-state index in [2.05, 4.69) is 73.5 Å². The Morgan fingerprint density at radius 2 is 1.69 bits per heavy atom. The number of benzene rings is 2. The van der Waals surface area contributed by atoms with E-state index in [0.717, 1.165) is 22.0 Å². The normalized spacial score (nSPS) is 20.6. The van der Waals surface area contributed by atoms with Crippen molar-refractivity contribution in [2.24, 2.45) is 0 Å². The molecule has 1 fully saturated rings. The summed E-state index contributed by atoms with van der Waals surface area (Å²) in [6, 6.07) is 14.2. The lowest BCUT2D eigenvalue weighted by Crippen LogP contribution is -2.49. The Morgan fingerprint density at radius 3 is 2.62 bits per heavy atom. The van der Waals surface area contributed by atoms with Gasteiger partial charge in [-0.15, -0.1) is 0 Å². The third kappa shape index (κ3) is 2.52. The molecule has 5 nitrogen and oxygen atoms in total. The van der Waals surface area contributed by atoms with Gasteiger partial charge < -0.3 is 15.3 Å². The fourth-order valence-electron chi connectivity index (χ4n) is 3.81. The van der Waals surface area contributed by atoms with Gasteiger partial charge in [0, 0.05) is 49.9 Å². The largest absolute Gasteiger partial charge is 0.361 e. The highest BCUT2D eigenvalue weighted by molar-refractivity contribution is 14.1. The lowest BCUT2D eigenvalue weighted by molar-refractivity contribution is -0.125. The average molecular weight is 456 g/mol. The predicted octanol–water partition coefficient (Wildman–Crippen LogP) is 3.76. The highest BCUT2D eigenvalue weighted by Crippen LogP contribution is 2.32. The first kappa shape index (κ1) is 15.9. The molecule has 1 aliphatic rings. The van der Waals surface area contributed by atoms with E-state index >= 15 is 0 Å². The van der Waals surface area contributed by atoms with E-state index in [9.17, 15) is 4.79 Å². The number of piperazine rings is 1. The van der Waals surface area contributed by atoms with Crippen LogP contribution in [0.25, 0.3) is 21.8 Å². The first-order valence-electron chi connectivity index (χ1n) is 8.57. The van der Waals surface area contributed by atoms with Gasteiger partial charge in [-0.05, 0) is 46.4 Å². The maximum atomic E-state index is 12.6. The number of aromatic nitrogens is 2. The van der Waals surface area contributed by atoms with Gasteiger partial charge in [-0.2, -0.15) is 0 Å². The number of halogens is 1. The van der Waals surface area contributed by atoms with Crippen LogP contribution < -0.4 is 10.6 Å². The molecule has 1 saturated heterocycles. The minimum absolute atomic E-state index is 0.0144. The van der Waals surface area contributed by atoms with Gasteiger partial charge in [0.1, 0.15) is 6.04 Å². The van der Waals surface area contributed by atoms with Crippen LogP contribution in [-0.4, -0.2) is 22.4 Å². The van der Waals surface area contributed by atoms with Crippen LogP contribution in [0.2, 0.25) is 0 Å². The molecule has 0 saturated carbocycles. The number of nitrogens with one attached hydrogen (secondary N) is 4. The van der Waals surface area contributed by atoms with E-state index < -0.39 is 0 Å². The molecule has 130 valence electrons. The van der Waals surface area contributed by atoms with Gasteiger partial charge in [0.15, 0.2) is 0 Å². The molecule has 26 heavy (non-hydrogen) atoms. The number of hydrogen-bond donors (Lipinski definition) is 4. The number of rotatable bonds is 2. The number of H-pyrrole nitrogens is 2. The first-order valence-corrected chi connectivity index (χ1v) is 9.65. The van der Waals surface area contributed by atoms with Crippen LogP contribution in [-0.2, 0) is 4.79 Å². The number of para-hydroxylation sites is 1. The minimum atomic E-state index is -0.378. The fourth-order valence-corrected chi connectivity index (χ4v) is 4.30. The molecule has 4 N–H and O–H groups in total. The summed E-state index contributed by atoms with van der Waals surface area (Å²) in [5.74, 6) is 0.0144. The molecule has 2 atom stereocenters. The third-order valence-corrected chi connectivity index (χ3v) is 5.76. The lowest BCUT2D eigenvalue weighted by atomic mass is 9.98. The van der Waals surface area contributed by atoms with E-state index in [0.29, 0.717) is 6.54 Å². The Hall–Kier alpha value is -2.32. The number of aromatic amines is 2. The van der Waals surface area contributed by atoms with E-state index in [4.69, 9.17) is 0 Å². The number of carbonyl (C=O) groups is 1. The van der Waals surface area contributed by atoms with Crippen molar-refractivity contribution < 1.29 is 4.79 Å². The molecule has 1 amide bonds. The predicted molar refractivity (Wildman–Crippen MR) is 111 cm³/mol. The van der Waals surface area contributed by atoms with E-state index in [1.807, 2.05) is 24.5 Å².